The molecule has 1 aliphatic rings. The molecule has 3 aromatic rings. The Kier molecular flexibility index (Phi) is 6.50. The van der Waals surface area contributed by atoms with E-state index in [1.807, 2.05) is 24.3 Å². The first-order chi connectivity index (χ1) is 15.6. The number of amides is 1. The highest BCUT2D eigenvalue weighted by atomic mass is 16.5. The third kappa shape index (κ3) is 3.98. The van der Waals surface area contributed by atoms with Gasteiger partial charge >= 0.3 is 0 Å². The molecule has 0 bridgehead atoms. The van der Waals surface area contributed by atoms with Gasteiger partial charge in [0.2, 0.25) is 5.75 Å². The van der Waals surface area contributed by atoms with Crippen molar-refractivity contribution in [1.82, 2.24) is 14.9 Å². The van der Waals surface area contributed by atoms with Crippen LogP contribution in [0.5, 0.6) is 17.2 Å². The summed E-state index contributed by atoms with van der Waals surface area (Å²) in [5.41, 5.74) is 3.18. The smallest absolute Gasteiger partial charge is 0.251 e. The van der Waals surface area contributed by atoms with E-state index in [-0.39, 0.29) is 12.5 Å². The number of aromatic nitrogens is 2. The molecule has 2 N–H and O–H groups in total. The first-order valence-corrected chi connectivity index (χ1v) is 10.8. The number of benzene rings is 2. The molecule has 4 rings (SSSR count). The minimum absolute atomic E-state index is 0.0475. The second-order valence-corrected chi connectivity index (χ2v) is 7.84. The van der Waals surface area contributed by atoms with E-state index in [4.69, 9.17) is 24.3 Å². The van der Waals surface area contributed by atoms with Crippen LogP contribution in [0.3, 0.4) is 0 Å². The number of nitrogens with one attached hydrogen (secondary N) is 1. The van der Waals surface area contributed by atoms with Gasteiger partial charge in [0.15, 0.2) is 11.5 Å². The van der Waals surface area contributed by atoms with Gasteiger partial charge in [0, 0.05) is 30.3 Å². The molecular formula is C24H29N3O5. The second kappa shape index (κ2) is 9.48. The average molecular weight is 440 g/mol. The van der Waals surface area contributed by atoms with Gasteiger partial charge < -0.3 is 29.2 Å². The molecule has 0 radical (unpaired) electrons. The van der Waals surface area contributed by atoms with Gasteiger partial charge in [-0.15, -0.1) is 0 Å². The van der Waals surface area contributed by atoms with Gasteiger partial charge in [-0.05, 0) is 56.0 Å². The lowest BCUT2D eigenvalue weighted by Crippen LogP contribution is -2.25. The number of carbonyl (C=O) groups is 1. The number of nitrogens with zero attached hydrogens (tertiary/aromatic N) is 2. The predicted molar refractivity (Wildman–Crippen MR) is 122 cm³/mol. The quantitative estimate of drug-likeness (QED) is 0.495. The maximum absolute atomic E-state index is 12.6. The molecule has 8 heteroatoms. The van der Waals surface area contributed by atoms with Crippen LogP contribution in [-0.2, 0) is 0 Å². The van der Waals surface area contributed by atoms with Crippen molar-refractivity contribution in [2.24, 2.45) is 0 Å². The van der Waals surface area contributed by atoms with Crippen molar-refractivity contribution >= 4 is 16.9 Å². The largest absolute Gasteiger partial charge is 0.493 e. The molecule has 2 aromatic carbocycles. The van der Waals surface area contributed by atoms with Crippen molar-refractivity contribution in [3.63, 3.8) is 0 Å². The van der Waals surface area contributed by atoms with Crippen LogP contribution in [0.15, 0.2) is 30.3 Å². The molecule has 8 nitrogen and oxygen atoms in total. The van der Waals surface area contributed by atoms with Crippen molar-refractivity contribution in [3.05, 3.63) is 35.9 Å². The van der Waals surface area contributed by atoms with Gasteiger partial charge in [-0.3, -0.25) is 4.79 Å². The first-order valence-electron chi connectivity index (χ1n) is 10.8. The van der Waals surface area contributed by atoms with E-state index in [1.54, 1.807) is 27.4 Å². The molecule has 1 aliphatic carbocycles. The van der Waals surface area contributed by atoms with E-state index in [0.717, 1.165) is 35.3 Å². The number of aliphatic hydroxyl groups is 1. The molecule has 0 saturated heterocycles. The van der Waals surface area contributed by atoms with Crippen LogP contribution >= 0.6 is 0 Å². The van der Waals surface area contributed by atoms with E-state index >= 15 is 0 Å². The number of fused-ring (bicyclic) bond motifs is 1. The molecule has 32 heavy (non-hydrogen) atoms. The molecule has 1 saturated carbocycles. The molecule has 0 spiro atoms. The Morgan fingerprint density at radius 2 is 1.84 bits per heavy atom. The summed E-state index contributed by atoms with van der Waals surface area (Å²) in [7, 11) is 4.77. The molecule has 1 heterocycles. The summed E-state index contributed by atoms with van der Waals surface area (Å²) in [5, 5.41) is 11.8. The highest BCUT2D eigenvalue weighted by Crippen LogP contribution is 2.44. The van der Waals surface area contributed by atoms with Gasteiger partial charge in [0.25, 0.3) is 5.91 Å². The van der Waals surface area contributed by atoms with E-state index < -0.39 is 0 Å². The molecule has 1 aromatic heterocycles. The molecular weight excluding hydrogens is 410 g/mol. The summed E-state index contributed by atoms with van der Waals surface area (Å²) in [6, 6.07) is 9.69. The van der Waals surface area contributed by atoms with Crippen LogP contribution in [0.1, 0.15) is 42.1 Å². The van der Waals surface area contributed by atoms with Crippen molar-refractivity contribution < 1.29 is 24.1 Å². The number of aliphatic hydroxyl groups excluding tert-OH is 1. The zero-order valence-electron chi connectivity index (χ0n) is 18.7. The second-order valence-electron chi connectivity index (χ2n) is 7.84. The average Bonchev–Trinajstić information content (AvgIpc) is 3.15. The maximum Gasteiger partial charge on any atom is 0.251 e. The third-order valence-electron chi connectivity index (χ3n) is 5.93. The van der Waals surface area contributed by atoms with Crippen LogP contribution in [0, 0.1) is 0 Å². The highest BCUT2D eigenvalue weighted by Gasteiger charge is 2.27. The summed E-state index contributed by atoms with van der Waals surface area (Å²) in [5.74, 6) is 2.32. The van der Waals surface area contributed by atoms with Crippen LogP contribution < -0.4 is 19.5 Å². The van der Waals surface area contributed by atoms with Crippen molar-refractivity contribution in [2.75, 3.05) is 34.5 Å². The molecule has 0 unspecified atom stereocenters. The van der Waals surface area contributed by atoms with Crippen molar-refractivity contribution in [2.45, 2.75) is 31.7 Å². The van der Waals surface area contributed by atoms with Gasteiger partial charge in [-0.1, -0.05) is 0 Å². The minimum atomic E-state index is -0.156. The summed E-state index contributed by atoms with van der Waals surface area (Å²) in [4.78, 5) is 17.5. The number of hydrogen-bond acceptors (Lipinski definition) is 6. The van der Waals surface area contributed by atoms with Crippen molar-refractivity contribution in [3.8, 4) is 28.6 Å². The zero-order chi connectivity index (χ0) is 22.7. The van der Waals surface area contributed by atoms with Crippen LogP contribution in [0.4, 0.5) is 0 Å². The lowest BCUT2D eigenvalue weighted by molar-refractivity contribution is 0.0951. The normalized spacial score (nSPS) is 13.6. The zero-order valence-corrected chi connectivity index (χ0v) is 18.7. The fourth-order valence-electron chi connectivity index (χ4n) is 4.05. The standard InChI is InChI=1S/C24H29N3O5/c1-30-20-13-16(14-21(31-2)22(20)32-3)23-26-18-9-8-15(24(29)25-10-5-11-28)12-19(18)27(23)17-6-4-7-17/h8-9,12-14,17,28H,4-7,10-11H2,1-3H3,(H,25,29). The summed E-state index contributed by atoms with van der Waals surface area (Å²) in [6.45, 7) is 0.484. The van der Waals surface area contributed by atoms with Crippen LogP contribution in [-0.4, -0.2) is 55.0 Å². The number of imidazole rings is 1. The number of carbonyl (C=O) groups excluding carboxylic acids is 1. The van der Waals surface area contributed by atoms with Crippen molar-refractivity contribution in [1.29, 1.82) is 0 Å². The Hall–Kier alpha value is -3.26. The number of ether oxygens (including phenoxy) is 3. The van der Waals surface area contributed by atoms with Gasteiger partial charge in [-0.25, -0.2) is 4.98 Å². The number of methoxy groups -OCH3 is 3. The Balaban J connectivity index is 1.82. The van der Waals surface area contributed by atoms with Crippen LogP contribution in [0.2, 0.25) is 0 Å². The minimum Gasteiger partial charge on any atom is -0.493 e. The fourth-order valence-corrected chi connectivity index (χ4v) is 4.05. The fraction of sp³-hybridized carbons (Fsp3) is 0.417. The van der Waals surface area contributed by atoms with E-state index in [1.165, 1.54) is 6.42 Å². The lowest BCUT2D eigenvalue weighted by Gasteiger charge is -2.29. The third-order valence-corrected chi connectivity index (χ3v) is 5.93. The highest BCUT2D eigenvalue weighted by molar-refractivity contribution is 5.98. The molecule has 1 fully saturated rings. The SMILES string of the molecule is COc1cc(-c2nc3ccc(C(=O)NCCCO)cc3n2C2CCC2)cc(OC)c1OC. The predicted octanol–water partition coefficient (Wildman–Crippen LogP) is 3.57. The van der Waals surface area contributed by atoms with E-state index in [2.05, 4.69) is 9.88 Å². The van der Waals surface area contributed by atoms with Gasteiger partial charge in [-0.2, -0.15) is 0 Å². The number of hydrogen-bond donors (Lipinski definition) is 2. The monoisotopic (exact) mass is 439 g/mol. The Morgan fingerprint density at radius 1 is 1.12 bits per heavy atom. The molecule has 1 amide bonds. The maximum atomic E-state index is 12.6. The molecule has 170 valence electrons. The van der Waals surface area contributed by atoms with E-state index in [0.29, 0.717) is 41.8 Å². The van der Waals surface area contributed by atoms with Gasteiger partial charge in [0.1, 0.15) is 5.82 Å². The number of rotatable bonds is 9. The Morgan fingerprint density at radius 3 is 2.41 bits per heavy atom. The van der Waals surface area contributed by atoms with Crippen LogP contribution in [0.25, 0.3) is 22.4 Å². The summed E-state index contributed by atoms with van der Waals surface area (Å²) < 4.78 is 18.8. The topological polar surface area (TPSA) is 94.8 Å². The first kappa shape index (κ1) is 22.0. The lowest BCUT2D eigenvalue weighted by atomic mass is 9.92. The Bertz CT molecular complexity index is 1100. The summed E-state index contributed by atoms with van der Waals surface area (Å²) in [6.07, 6.45) is 3.82. The van der Waals surface area contributed by atoms with Gasteiger partial charge in [0.05, 0.1) is 32.4 Å². The summed E-state index contributed by atoms with van der Waals surface area (Å²) >= 11 is 0. The van der Waals surface area contributed by atoms with E-state index in [9.17, 15) is 4.79 Å². The Labute approximate surface area is 187 Å². The molecule has 0 atom stereocenters. The molecule has 0 aliphatic heterocycles.